The molecule has 0 saturated carbocycles. The monoisotopic (exact) mass is 258 g/mol. The van der Waals surface area contributed by atoms with Crippen LogP contribution >= 0.6 is 11.3 Å². The number of hydrogen-bond donors (Lipinski definition) is 0. The minimum atomic E-state index is 0.598. The van der Waals surface area contributed by atoms with Crippen LogP contribution in [-0.4, -0.2) is 22.9 Å². The van der Waals surface area contributed by atoms with Crippen molar-refractivity contribution in [3.8, 4) is 10.9 Å². The van der Waals surface area contributed by atoms with E-state index in [0.717, 1.165) is 27.4 Å². The zero-order valence-corrected chi connectivity index (χ0v) is 10.5. The number of methoxy groups -OCH3 is 1. The first-order valence-corrected chi connectivity index (χ1v) is 6.21. The molecule has 0 amide bonds. The lowest BCUT2D eigenvalue weighted by molar-refractivity contribution is 0.111. The van der Waals surface area contributed by atoms with Crippen LogP contribution in [0.1, 0.15) is 10.5 Å². The molecule has 0 unspecified atom stereocenters. The minimum absolute atomic E-state index is 0.598. The van der Waals surface area contributed by atoms with E-state index < -0.39 is 0 Å². The summed E-state index contributed by atoms with van der Waals surface area (Å²) >= 11 is 1.53. The first-order chi connectivity index (χ1) is 8.81. The molecule has 5 heteroatoms. The van der Waals surface area contributed by atoms with Gasteiger partial charge in [0.2, 0.25) is 0 Å². The number of thiazole rings is 1. The lowest BCUT2D eigenvalue weighted by Crippen LogP contribution is -1.95. The second-order valence-corrected chi connectivity index (χ2v) is 4.76. The summed E-state index contributed by atoms with van der Waals surface area (Å²) < 4.78 is 8.00. The summed E-state index contributed by atoms with van der Waals surface area (Å²) in [6.45, 7) is 0. The van der Waals surface area contributed by atoms with E-state index in [1.165, 1.54) is 11.3 Å². The molecule has 0 radical (unpaired) electrons. The van der Waals surface area contributed by atoms with Gasteiger partial charge in [0.1, 0.15) is 5.75 Å². The molecule has 0 aliphatic rings. The third-order valence-electron chi connectivity index (χ3n) is 2.69. The number of aldehydes is 1. The molecule has 0 atom stereocenters. The summed E-state index contributed by atoms with van der Waals surface area (Å²) in [5.74, 6) is 0.806. The highest BCUT2D eigenvalue weighted by Gasteiger charge is 2.09. The molecule has 0 spiro atoms. The van der Waals surface area contributed by atoms with E-state index in [1.807, 2.05) is 30.5 Å². The molecule has 0 N–H and O–H groups in total. The van der Waals surface area contributed by atoms with Gasteiger partial charge in [-0.25, -0.2) is 4.98 Å². The fraction of sp³-hybridized carbons (Fsp3) is 0.0769. The topological polar surface area (TPSA) is 44.1 Å². The SMILES string of the molecule is COc1ccc2nc(-n3cccc3C=O)sc2c1. The average molecular weight is 258 g/mol. The second kappa shape index (κ2) is 4.27. The van der Waals surface area contributed by atoms with Gasteiger partial charge in [0.05, 0.1) is 23.0 Å². The van der Waals surface area contributed by atoms with Gasteiger partial charge in [-0.3, -0.25) is 9.36 Å². The van der Waals surface area contributed by atoms with Gasteiger partial charge in [-0.2, -0.15) is 0 Å². The van der Waals surface area contributed by atoms with Crippen molar-refractivity contribution < 1.29 is 9.53 Å². The number of ether oxygens (including phenoxy) is 1. The number of hydrogen-bond acceptors (Lipinski definition) is 4. The van der Waals surface area contributed by atoms with Crippen molar-refractivity contribution in [2.24, 2.45) is 0 Å². The molecule has 0 aliphatic carbocycles. The van der Waals surface area contributed by atoms with E-state index in [4.69, 9.17) is 4.74 Å². The Kier molecular flexibility index (Phi) is 2.60. The first kappa shape index (κ1) is 11.0. The van der Waals surface area contributed by atoms with Crippen LogP contribution < -0.4 is 4.74 Å². The van der Waals surface area contributed by atoms with E-state index >= 15 is 0 Å². The summed E-state index contributed by atoms with van der Waals surface area (Å²) in [7, 11) is 1.64. The lowest BCUT2D eigenvalue weighted by Gasteiger charge is -1.97. The van der Waals surface area contributed by atoms with Crippen LogP contribution in [0.25, 0.3) is 15.3 Å². The molecule has 3 aromatic rings. The standard InChI is InChI=1S/C13H10N2O2S/c1-17-10-4-5-11-12(7-10)18-13(14-11)15-6-2-3-9(15)8-16/h2-8H,1H3. The maximum atomic E-state index is 10.9. The molecule has 3 rings (SSSR count). The molecule has 0 saturated heterocycles. The maximum Gasteiger partial charge on any atom is 0.195 e. The minimum Gasteiger partial charge on any atom is -0.497 e. The van der Waals surface area contributed by atoms with E-state index in [9.17, 15) is 4.79 Å². The molecule has 18 heavy (non-hydrogen) atoms. The summed E-state index contributed by atoms with van der Waals surface area (Å²) in [5, 5.41) is 0.783. The Bertz CT molecular complexity index is 715. The van der Waals surface area contributed by atoms with E-state index in [2.05, 4.69) is 4.98 Å². The molecule has 0 fully saturated rings. The molecular weight excluding hydrogens is 248 g/mol. The Balaban J connectivity index is 2.16. The van der Waals surface area contributed by atoms with Crippen LogP contribution in [0, 0.1) is 0 Å². The number of nitrogens with zero attached hydrogens (tertiary/aromatic N) is 2. The third kappa shape index (κ3) is 1.69. The highest BCUT2D eigenvalue weighted by Crippen LogP contribution is 2.28. The molecular formula is C13H10N2O2S. The van der Waals surface area contributed by atoms with Gasteiger partial charge in [-0.05, 0) is 30.3 Å². The molecule has 2 aromatic heterocycles. The molecule has 2 heterocycles. The van der Waals surface area contributed by atoms with Crippen molar-refractivity contribution in [3.63, 3.8) is 0 Å². The van der Waals surface area contributed by atoms with Crippen LogP contribution in [0.3, 0.4) is 0 Å². The van der Waals surface area contributed by atoms with Gasteiger partial charge in [-0.15, -0.1) is 0 Å². The van der Waals surface area contributed by atoms with Gasteiger partial charge in [0.15, 0.2) is 11.4 Å². The molecule has 0 aliphatic heterocycles. The molecule has 1 aromatic carbocycles. The highest BCUT2D eigenvalue weighted by molar-refractivity contribution is 7.20. The van der Waals surface area contributed by atoms with Crippen molar-refractivity contribution in [1.82, 2.24) is 9.55 Å². The highest BCUT2D eigenvalue weighted by atomic mass is 32.1. The lowest BCUT2D eigenvalue weighted by atomic mass is 10.3. The number of fused-ring (bicyclic) bond motifs is 1. The zero-order chi connectivity index (χ0) is 12.5. The molecule has 0 bridgehead atoms. The summed E-state index contributed by atoms with van der Waals surface area (Å²) in [4.78, 5) is 15.4. The van der Waals surface area contributed by atoms with Gasteiger partial charge in [0.25, 0.3) is 0 Å². The molecule has 90 valence electrons. The van der Waals surface area contributed by atoms with E-state index in [0.29, 0.717) is 5.69 Å². The Labute approximate surface area is 107 Å². The fourth-order valence-corrected chi connectivity index (χ4v) is 2.79. The predicted molar refractivity (Wildman–Crippen MR) is 70.9 cm³/mol. The second-order valence-electron chi connectivity index (χ2n) is 3.75. The largest absolute Gasteiger partial charge is 0.497 e. The van der Waals surface area contributed by atoms with Crippen LogP contribution in [0.4, 0.5) is 0 Å². The van der Waals surface area contributed by atoms with E-state index in [-0.39, 0.29) is 0 Å². The van der Waals surface area contributed by atoms with Crippen LogP contribution in [-0.2, 0) is 0 Å². The van der Waals surface area contributed by atoms with Crippen molar-refractivity contribution in [3.05, 3.63) is 42.2 Å². The number of aromatic nitrogens is 2. The van der Waals surface area contributed by atoms with Gasteiger partial charge >= 0.3 is 0 Å². The number of rotatable bonds is 3. The Hall–Kier alpha value is -2.14. The number of benzene rings is 1. The summed E-state index contributed by atoms with van der Waals surface area (Å²) in [6, 6.07) is 9.33. The van der Waals surface area contributed by atoms with Crippen molar-refractivity contribution in [1.29, 1.82) is 0 Å². The van der Waals surface area contributed by atoms with Crippen molar-refractivity contribution in [2.75, 3.05) is 7.11 Å². The summed E-state index contributed by atoms with van der Waals surface area (Å²) in [5.41, 5.74) is 1.50. The predicted octanol–water partition coefficient (Wildman–Crippen LogP) is 2.91. The number of carbonyl (C=O) groups is 1. The van der Waals surface area contributed by atoms with Gasteiger partial charge in [0, 0.05) is 6.20 Å². The maximum absolute atomic E-state index is 10.9. The Morgan fingerprint density at radius 3 is 3.06 bits per heavy atom. The van der Waals surface area contributed by atoms with Crippen LogP contribution in [0.2, 0.25) is 0 Å². The van der Waals surface area contributed by atoms with Crippen LogP contribution in [0.15, 0.2) is 36.5 Å². The summed E-state index contributed by atoms with van der Waals surface area (Å²) in [6.07, 6.45) is 2.66. The quantitative estimate of drug-likeness (QED) is 0.678. The third-order valence-corrected chi connectivity index (χ3v) is 3.71. The normalized spacial score (nSPS) is 10.7. The average Bonchev–Trinajstić information content (AvgIpc) is 3.03. The zero-order valence-electron chi connectivity index (χ0n) is 9.66. The van der Waals surface area contributed by atoms with E-state index in [1.54, 1.807) is 17.7 Å². The van der Waals surface area contributed by atoms with Crippen molar-refractivity contribution in [2.45, 2.75) is 0 Å². The molecule has 4 nitrogen and oxygen atoms in total. The first-order valence-electron chi connectivity index (χ1n) is 5.39. The Morgan fingerprint density at radius 2 is 2.28 bits per heavy atom. The number of carbonyl (C=O) groups excluding carboxylic acids is 1. The van der Waals surface area contributed by atoms with Gasteiger partial charge < -0.3 is 4.74 Å². The van der Waals surface area contributed by atoms with Gasteiger partial charge in [-0.1, -0.05) is 11.3 Å². The van der Waals surface area contributed by atoms with Crippen molar-refractivity contribution >= 4 is 27.8 Å². The Morgan fingerprint density at radius 1 is 1.39 bits per heavy atom. The smallest absolute Gasteiger partial charge is 0.195 e. The fourth-order valence-electron chi connectivity index (χ4n) is 1.79. The van der Waals surface area contributed by atoms with Crippen LogP contribution in [0.5, 0.6) is 5.75 Å².